The van der Waals surface area contributed by atoms with Crippen LogP contribution in [0.25, 0.3) is 0 Å². The highest BCUT2D eigenvalue weighted by Gasteiger charge is 2.09. The number of rotatable bonds is 3. The molecule has 0 saturated heterocycles. The Kier molecular flexibility index (Phi) is 3.99. The first kappa shape index (κ1) is 13.1. The summed E-state index contributed by atoms with van der Waals surface area (Å²) in [6.45, 7) is 4.42. The van der Waals surface area contributed by atoms with Crippen LogP contribution in [0.3, 0.4) is 0 Å². The van der Waals surface area contributed by atoms with E-state index >= 15 is 0 Å². The Morgan fingerprint density at radius 3 is 2.72 bits per heavy atom. The highest BCUT2D eigenvalue weighted by atomic mass is 79.9. The molecule has 0 radical (unpaired) electrons. The lowest BCUT2D eigenvalue weighted by molar-refractivity contribution is 0.452. The molecule has 0 amide bonds. The summed E-state index contributed by atoms with van der Waals surface area (Å²) < 4.78 is 6.85. The molecule has 0 aliphatic carbocycles. The SMILES string of the molecule is Cc1ccc(Br)cc1Oc1nccc(C)c1CN. The van der Waals surface area contributed by atoms with Crippen molar-refractivity contribution < 1.29 is 4.74 Å². The molecule has 1 heterocycles. The molecule has 0 bridgehead atoms. The van der Waals surface area contributed by atoms with Crippen molar-refractivity contribution in [2.24, 2.45) is 5.73 Å². The Balaban J connectivity index is 2.40. The highest BCUT2D eigenvalue weighted by molar-refractivity contribution is 9.10. The van der Waals surface area contributed by atoms with Crippen molar-refractivity contribution in [1.29, 1.82) is 0 Å². The van der Waals surface area contributed by atoms with E-state index in [2.05, 4.69) is 20.9 Å². The predicted octanol–water partition coefficient (Wildman–Crippen LogP) is 3.71. The van der Waals surface area contributed by atoms with Crippen LogP contribution in [0.2, 0.25) is 0 Å². The maximum absolute atomic E-state index is 5.87. The van der Waals surface area contributed by atoms with Crippen molar-refractivity contribution in [3.63, 3.8) is 0 Å². The van der Waals surface area contributed by atoms with E-state index in [4.69, 9.17) is 10.5 Å². The van der Waals surface area contributed by atoms with E-state index in [1.807, 2.05) is 38.1 Å². The van der Waals surface area contributed by atoms with Gasteiger partial charge >= 0.3 is 0 Å². The van der Waals surface area contributed by atoms with Gasteiger partial charge in [-0.05, 0) is 43.2 Å². The van der Waals surface area contributed by atoms with Crippen LogP contribution < -0.4 is 10.5 Å². The number of pyridine rings is 1. The zero-order valence-electron chi connectivity index (χ0n) is 10.4. The number of halogens is 1. The van der Waals surface area contributed by atoms with Gasteiger partial charge in [0.05, 0.1) is 0 Å². The lowest BCUT2D eigenvalue weighted by atomic mass is 10.1. The van der Waals surface area contributed by atoms with Gasteiger partial charge in [0.2, 0.25) is 5.88 Å². The van der Waals surface area contributed by atoms with Gasteiger partial charge in [-0.1, -0.05) is 22.0 Å². The van der Waals surface area contributed by atoms with Crippen molar-refractivity contribution >= 4 is 15.9 Å². The number of aromatic nitrogens is 1. The molecular formula is C14H15BrN2O. The second kappa shape index (κ2) is 5.50. The molecule has 0 aliphatic heterocycles. The first-order valence-electron chi connectivity index (χ1n) is 5.70. The Bertz CT molecular complexity index is 570. The van der Waals surface area contributed by atoms with Gasteiger partial charge < -0.3 is 10.5 Å². The largest absolute Gasteiger partial charge is 0.438 e. The third-order valence-electron chi connectivity index (χ3n) is 2.81. The summed E-state index contributed by atoms with van der Waals surface area (Å²) in [6.07, 6.45) is 1.73. The fourth-order valence-electron chi connectivity index (χ4n) is 1.69. The van der Waals surface area contributed by atoms with Gasteiger partial charge in [0, 0.05) is 22.8 Å². The average Bonchev–Trinajstić information content (AvgIpc) is 2.34. The number of nitrogens with two attached hydrogens (primary N) is 1. The number of hydrogen-bond acceptors (Lipinski definition) is 3. The Hall–Kier alpha value is -1.39. The molecule has 94 valence electrons. The van der Waals surface area contributed by atoms with Crippen LogP contribution in [0.1, 0.15) is 16.7 Å². The average molecular weight is 307 g/mol. The molecule has 0 unspecified atom stereocenters. The second-order valence-corrected chi connectivity index (χ2v) is 5.04. The summed E-state index contributed by atoms with van der Waals surface area (Å²) in [6, 6.07) is 7.84. The minimum atomic E-state index is 0.419. The molecule has 2 N–H and O–H groups in total. The number of hydrogen-bond donors (Lipinski definition) is 1. The predicted molar refractivity (Wildman–Crippen MR) is 75.8 cm³/mol. The van der Waals surface area contributed by atoms with Gasteiger partial charge in [0.1, 0.15) is 5.75 Å². The van der Waals surface area contributed by atoms with Crippen molar-refractivity contribution in [3.05, 3.63) is 51.6 Å². The first-order chi connectivity index (χ1) is 8.61. The number of ether oxygens (including phenoxy) is 1. The molecule has 18 heavy (non-hydrogen) atoms. The Morgan fingerprint density at radius 1 is 1.22 bits per heavy atom. The van der Waals surface area contributed by atoms with E-state index in [0.717, 1.165) is 26.9 Å². The molecule has 1 aromatic heterocycles. The van der Waals surface area contributed by atoms with Crippen LogP contribution in [-0.2, 0) is 6.54 Å². The molecule has 1 aromatic carbocycles. The fourth-order valence-corrected chi connectivity index (χ4v) is 2.03. The Morgan fingerprint density at radius 2 is 2.00 bits per heavy atom. The van der Waals surface area contributed by atoms with Crippen LogP contribution in [0.4, 0.5) is 0 Å². The molecule has 0 aliphatic rings. The van der Waals surface area contributed by atoms with Gasteiger partial charge in [0.25, 0.3) is 0 Å². The van der Waals surface area contributed by atoms with Gasteiger partial charge in [-0.3, -0.25) is 0 Å². The molecule has 0 spiro atoms. The fraction of sp³-hybridized carbons (Fsp3) is 0.214. The molecule has 3 nitrogen and oxygen atoms in total. The van der Waals surface area contributed by atoms with E-state index in [-0.39, 0.29) is 0 Å². The van der Waals surface area contributed by atoms with Crippen LogP contribution in [0, 0.1) is 13.8 Å². The van der Waals surface area contributed by atoms with Crippen LogP contribution in [-0.4, -0.2) is 4.98 Å². The summed E-state index contributed by atoms with van der Waals surface area (Å²) in [5.41, 5.74) is 8.84. The highest BCUT2D eigenvalue weighted by Crippen LogP contribution is 2.29. The third kappa shape index (κ3) is 2.71. The van der Waals surface area contributed by atoms with Crippen LogP contribution in [0.15, 0.2) is 34.9 Å². The zero-order valence-corrected chi connectivity index (χ0v) is 12.0. The van der Waals surface area contributed by atoms with Crippen molar-refractivity contribution in [2.75, 3.05) is 0 Å². The van der Waals surface area contributed by atoms with Crippen LogP contribution in [0.5, 0.6) is 11.6 Å². The molecule has 2 aromatic rings. The van der Waals surface area contributed by atoms with Gasteiger partial charge in [-0.15, -0.1) is 0 Å². The molecule has 0 atom stereocenters. The Labute approximate surface area is 115 Å². The van der Waals surface area contributed by atoms with E-state index in [0.29, 0.717) is 12.4 Å². The normalized spacial score (nSPS) is 10.4. The maximum Gasteiger partial charge on any atom is 0.223 e. The van der Waals surface area contributed by atoms with Crippen molar-refractivity contribution in [3.8, 4) is 11.6 Å². The molecule has 0 fully saturated rings. The monoisotopic (exact) mass is 306 g/mol. The minimum Gasteiger partial charge on any atom is -0.438 e. The van der Waals surface area contributed by atoms with E-state index in [9.17, 15) is 0 Å². The summed E-state index contributed by atoms with van der Waals surface area (Å²) in [7, 11) is 0. The number of aryl methyl sites for hydroxylation is 2. The topological polar surface area (TPSA) is 48.1 Å². The summed E-state index contributed by atoms with van der Waals surface area (Å²) in [5.74, 6) is 1.37. The van der Waals surface area contributed by atoms with Crippen LogP contribution >= 0.6 is 15.9 Å². The summed E-state index contributed by atoms with van der Waals surface area (Å²) in [5, 5.41) is 0. The van der Waals surface area contributed by atoms with E-state index in [1.165, 1.54) is 0 Å². The summed E-state index contributed by atoms with van der Waals surface area (Å²) in [4.78, 5) is 4.26. The standard InChI is InChI=1S/C14H15BrN2O/c1-9-5-6-17-14(12(9)8-16)18-13-7-11(15)4-3-10(13)2/h3-7H,8,16H2,1-2H3. The first-order valence-corrected chi connectivity index (χ1v) is 6.49. The third-order valence-corrected chi connectivity index (χ3v) is 3.30. The van der Waals surface area contributed by atoms with Crippen molar-refractivity contribution in [2.45, 2.75) is 20.4 Å². The van der Waals surface area contributed by atoms with E-state index in [1.54, 1.807) is 6.20 Å². The van der Waals surface area contributed by atoms with Gasteiger partial charge in [0.15, 0.2) is 0 Å². The molecule has 2 rings (SSSR count). The lowest BCUT2D eigenvalue weighted by Crippen LogP contribution is -2.04. The lowest BCUT2D eigenvalue weighted by Gasteiger charge is -2.12. The minimum absolute atomic E-state index is 0.419. The smallest absolute Gasteiger partial charge is 0.223 e. The zero-order chi connectivity index (χ0) is 13.1. The second-order valence-electron chi connectivity index (χ2n) is 4.13. The number of nitrogens with zero attached hydrogens (tertiary/aromatic N) is 1. The molecule has 4 heteroatoms. The quantitative estimate of drug-likeness (QED) is 0.940. The van der Waals surface area contributed by atoms with E-state index < -0.39 is 0 Å². The van der Waals surface area contributed by atoms with Gasteiger partial charge in [-0.25, -0.2) is 4.98 Å². The molecule has 0 saturated carbocycles. The summed E-state index contributed by atoms with van der Waals surface area (Å²) >= 11 is 3.43. The molecular weight excluding hydrogens is 292 g/mol. The van der Waals surface area contributed by atoms with Gasteiger partial charge in [-0.2, -0.15) is 0 Å². The maximum atomic E-state index is 5.87. The van der Waals surface area contributed by atoms with Crippen molar-refractivity contribution in [1.82, 2.24) is 4.98 Å². The number of benzene rings is 1.